The Morgan fingerprint density at radius 1 is 0.538 bits per heavy atom. The monoisotopic (exact) mass is 365 g/mol. The molecule has 0 aliphatic rings. The SMILES string of the molecule is CCC/C=C\CCCCCCCCCC(CN)CCCCCCCCC. The highest BCUT2D eigenvalue weighted by molar-refractivity contribution is 4.80. The second-order valence-corrected chi connectivity index (χ2v) is 8.32. The fourth-order valence-electron chi connectivity index (χ4n) is 3.75. The van der Waals surface area contributed by atoms with Crippen LogP contribution in [-0.2, 0) is 0 Å². The fraction of sp³-hybridized carbons (Fsp3) is 0.920. The van der Waals surface area contributed by atoms with E-state index < -0.39 is 0 Å². The maximum atomic E-state index is 5.99. The average molecular weight is 366 g/mol. The van der Waals surface area contributed by atoms with E-state index in [1.54, 1.807) is 0 Å². The third kappa shape index (κ3) is 20.0. The molecule has 1 atom stereocenters. The minimum atomic E-state index is 0.792. The summed E-state index contributed by atoms with van der Waals surface area (Å²) in [5.41, 5.74) is 5.99. The second-order valence-electron chi connectivity index (χ2n) is 8.32. The van der Waals surface area contributed by atoms with Crippen molar-refractivity contribution in [3.8, 4) is 0 Å². The third-order valence-corrected chi connectivity index (χ3v) is 5.65. The van der Waals surface area contributed by atoms with Gasteiger partial charge in [-0.05, 0) is 44.6 Å². The molecule has 1 nitrogen and oxygen atoms in total. The molecular formula is C25H51N. The van der Waals surface area contributed by atoms with E-state index in [1.807, 2.05) is 0 Å². The summed E-state index contributed by atoms with van der Waals surface area (Å²) in [6.45, 7) is 5.44. The number of nitrogens with two attached hydrogens (primary N) is 1. The zero-order valence-electron chi connectivity index (χ0n) is 18.5. The Morgan fingerprint density at radius 3 is 1.50 bits per heavy atom. The first-order chi connectivity index (χ1) is 12.8. The molecular weight excluding hydrogens is 314 g/mol. The van der Waals surface area contributed by atoms with E-state index in [4.69, 9.17) is 5.73 Å². The van der Waals surface area contributed by atoms with Crippen molar-refractivity contribution < 1.29 is 0 Å². The average Bonchev–Trinajstić information content (AvgIpc) is 2.66. The zero-order chi connectivity index (χ0) is 19.1. The quantitative estimate of drug-likeness (QED) is 0.160. The van der Waals surface area contributed by atoms with Crippen LogP contribution in [-0.4, -0.2) is 6.54 Å². The first-order valence-electron chi connectivity index (χ1n) is 12.2. The fourth-order valence-corrected chi connectivity index (χ4v) is 3.75. The number of hydrogen-bond donors (Lipinski definition) is 1. The van der Waals surface area contributed by atoms with Crippen molar-refractivity contribution in [3.05, 3.63) is 12.2 Å². The van der Waals surface area contributed by atoms with Gasteiger partial charge in [-0.2, -0.15) is 0 Å². The van der Waals surface area contributed by atoms with Gasteiger partial charge in [-0.3, -0.25) is 0 Å². The van der Waals surface area contributed by atoms with Gasteiger partial charge in [0.05, 0.1) is 0 Å². The Labute approximate surface area is 166 Å². The van der Waals surface area contributed by atoms with Gasteiger partial charge in [0, 0.05) is 0 Å². The molecule has 0 aliphatic heterocycles. The van der Waals surface area contributed by atoms with Crippen LogP contribution in [0.1, 0.15) is 136 Å². The van der Waals surface area contributed by atoms with E-state index in [0.29, 0.717) is 0 Å². The number of hydrogen-bond acceptors (Lipinski definition) is 1. The number of rotatable bonds is 21. The van der Waals surface area contributed by atoms with Crippen LogP contribution in [0, 0.1) is 5.92 Å². The van der Waals surface area contributed by atoms with Gasteiger partial charge in [-0.1, -0.05) is 116 Å². The molecule has 0 rings (SSSR count). The first kappa shape index (κ1) is 25.7. The van der Waals surface area contributed by atoms with Crippen LogP contribution < -0.4 is 5.73 Å². The van der Waals surface area contributed by atoms with Crippen LogP contribution in [0.4, 0.5) is 0 Å². The molecule has 0 saturated heterocycles. The summed E-state index contributed by atoms with van der Waals surface area (Å²) in [6.07, 6.45) is 31.1. The smallest absolute Gasteiger partial charge is 0.00489 e. The summed E-state index contributed by atoms with van der Waals surface area (Å²) >= 11 is 0. The second kappa shape index (κ2) is 22.7. The molecule has 26 heavy (non-hydrogen) atoms. The molecule has 0 heterocycles. The zero-order valence-corrected chi connectivity index (χ0v) is 18.5. The lowest BCUT2D eigenvalue weighted by Crippen LogP contribution is -2.14. The van der Waals surface area contributed by atoms with Gasteiger partial charge in [0.1, 0.15) is 0 Å². The van der Waals surface area contributed by atoms with Gasteiger partial charge >= 0.3 is 0 Å². The molecule has 0 aliphatic carbocycles. The highest BCUT2D eigenvalue weighted by atomic mass is 14.5. The first-order valence-corrected chi connectivity index (χ1v) is 12.2. The van der Waals surface area contributed by atoms with Gasteiger partial charge in [0.25, 0.3) is 0 Å². The summed E-state index contributed by atoms with van der Waals surface area (Å²) < 4.78 is 0. The van der Waals surface area contributed by atoms with Crippen LogP contribution in [0.3, 0.4) is 0 Å². The summed E-state index contributed by atoms with van der Waals surface area (Å²) in [5, 5.41) is 0. The van der Waals surface area contributed by atoms with Crippen molar-refractivity contribution in [1.82, 2.24) is 0 Å². The van der Waals surface area contributed by atoms with Crippen LogP contribution >= 0.6 is 0 Å². The third-order valence-electron chi connectivity index (χ3n) is 5.65. The van der Waals surface area contributed by atoms with E-state index in [-0.39, 0.29) is 0 Å². The van der Waals surface area contributed by atoms with Gasteiger partial charge < -0.3 is 5.73 Å². The van der Waals surface area contributed by atoms with Crippen LogP contribution in [0.5, 0.6) is 0 Å². The maximum absolute atomic E-state index is 5.99. The van der Waals surface area contributed by atoms with Crippen molar-refractivity contribution in [2.75, 3.05) is 6.54 Å². The lowest BCUT2D eigenvalue weighted by molar-refractivity contribution is 0.410. The van der Waals surface area contributed by atoms with E-state index in [9.17, 15) is 0 Å². The van der Waals surface area contributed by atoms with E-state index in [1.165, 1.54) is 122 Å². The summed E-state index contributed by atoms with van der Waals surface area (Å²) in [7, 11) is 0. The standard InChI is InChI=1S/C25H51N/c1-3-5-7-9-11-12-13-14-15-17-19-21-23-25(24-26)22-20-18-16-10-8-6-4-2/h7,9,25H,3-6,8,10-24,26H2,1-2H3/b9-7-. The Bertz CT molecular complexity index is 271. The van der Waals surface area contributed by atoms with Crippen molar-refractivity contribution in [1.29, 1.82) is 0 Å². The molecule has 0 radical (unpaired) electrons. The van der Waals surface area contributed by atoms with Gasteiger partial charge in [-0.25, -0.2) is 0 Å². The highest BCUT2D eigenvalue weighted by Crippen LogP contribution is 2.18. The number of unbranched alkanes of at least 4 members (excludes halogenated alkanes) is 14. The molecule has 1 unspecified atom stereocenters. The Kier molecular flexibility index (Phi) is 22.5. The van der Waals surface area contributed by atoms with Crippen molar-refractivity contribution in [2.24, 2.45) is 11.7 Å². The van der Waals surface area contributed by atoms with E-state index in [0.717, 1.165) is 12.5 Å². The summed E-state index contributed by atoms with van der Waals surface area (Å²) in [5.74, 6) is 0.792. The Morgan fingerprint density at radius 2 is 1.00 bits per heavy atom. The predicted octanol–water partition coefficient (Wildman–Crippen LogP) is 8.57. The number of allylic oxidation sites excluding steroid dienone is 2. The maximum Gasteiger partial charge on any atom is -0.00489 e. The molecule has 0 amide bonds. The molecule has 2 N–H and O–H groups in total. The lowest BCUT2D eigenvalue weighted by Gasteiger charge is -2.14. The van der Waals surface area contributed by atoms with E-state index in [2.05, 4.69) is 26.0 Å². The van der Waals surface area contributed by atoms with Crippen LogP contribution in [0.15, 0.2) is 12.2 Å². The van der Waals surface area contributed by atoms with Crippen molar-refractivity contribution in [3.63, 3.8) is 0 Å². The normalized spacial score (nSPS) is 12.9. The van der Waals surface area contributed by atoms with E-state index >= 15 is 0 Å². The van der Waals surface area contributed by atoms with Crippen molar-refractivity contribution in [2.45, 2.75) is 136 Å². The molecule has 0 saturated carbocycles. The van der Waals surface area contributed by atoms with Crippen LogP contribution in [0.2, 0.25) is 0 Å². The lowest BCUT2D eigenvalue weighted by atomic mass is 9.94. The molecule has 0 spiro atoms. The van der Waals surface area contributed by atoms with Gasteiger partial charge in [-0.15, -0.1) is 0 Å². The van der Waals surface area contributed by atoms with Gasteiger partial charge in [0.2, 0.25) is 0 Å². The van der Waals surface area contributed by atoms with Gasteiger partial charge in [0.15, 0.2) is 0 Å². The molecule has 0 aromatic carbocycles. The Hall–Kier alpha value is -0.300. The predicted molar refractivity (Wildman–Crippen MR) is 121 cm³/mol. The largest absolute Gasteiger partial charge is 0.330 e. The minimum Gasteiger partial charge on any atom is -0.330 e. The molecule has 0 fully saturated rings. The minimum absolute atomic E-state index is 0.792. The highest BCUT2D eigenvalue weighted by Gasteiger charge is 2.06. The summed E-state index contributed by atoms with van der Waals surface area (Å²) in [4.78, 5) is 0. The molecule has 1 heteroatoms. The summed E-state index contributed by atoms with van der Waals surface area (Å²) in [6, 6.07) is 0. The van der Waals surface area contributed by atoms with Crippen molar-refractivity contribution >= 4 is 0 Å². The molecule has 0 bridgehead atoms. The van der Waals surface area contributed by atoms with Crippen LogP contribution in [0.25, 0.3) is 0 Å². The Balaban J connectivity index is 3.30. The molecule has 0 aromatic rings. The topological polar surface area (TPSA) is 26.0 Å². The molecule has 156 valence electrons. The molecule has 0 aromatic heterocycles.